The van der Waals surface area contributed by atoms with Crippen LogP contribution in [0.3, 0.4) is 0 Å². The largest absolute Gasteiger partial charge is 0.352 e. The average Bonchev–Trinajstić information content (AvgIpc) is 3.26. The summed E-state index contributed by atoms with van der Waals surface area (Å²) in [5.74, 6) is 1.04. The van der Waals surface area contributed by atoms with E-state index in [0.29, 0.717) is 12.5 Å². The van der Waals surface area contributed by atoms with Crippen LogP contribution < -0.4 is 10.6 Å². The van der Waals surface area contributed by atoms with Crippen molar-refractivity contribution >= 4 is 35.8 Å². The third-order valence-electron chi connectivity index (χ3n) is 6.59. The number of amides is 1. The summed E-state index contributed by atoms with van der Waals surface area (Å²) < 4.78 is 0. The molecule has 1 amide bonds. The summed E-state index contributed by atoms with van der Waals surface area (Å²) in [6.07, 6.45) is 8.31. The van der Waals surface area contributed by atoms with Crippen LogP contribution in [0.1, 0.15) is 63.0 Å². The fourth-order valence-corrected chi connectivity index (χ4v) is 4.70. The fourth-order valence-electron chi connectivity index (χ4n) is 4.70. The Balaban J connectivity index is 0.00000341. The molecule has 1 saturated carbocycles. The van der Waals surface area contributed by atoms with Gasteiger partial charge in [0.2, 0.25) is 5.91 Å². The van der Waals surface area contributed by atoms with Gasteiger partial charge in [-0.05, 0) is 37.4 Å². The number of hydrogen-bond donors (Lipinski definition) is 2. The number of halogens is 1. The van der Waals surface area contributed by atoms with Crippen LogP contribution in [-0.4, -0.2) is 60.9 Å². The highest BCUT2D eigenvalue weighted by Crippen LogP contribution is 2.23. The number of carbonyl (C=O) groups excluding carboxylic acids is 1. The molecule has 1 aliphatic carbocycles. The lowest BCUT2D eigenvalue weighted by Gasteiger charge is -2.31. The number of nitrogens with zero attached hydrogens (tertiary/aromatic N) is 3. The Morgan fingerprint density at radius 3 is 2.55 bits per heavy atom. The number of benzene rings is 1. The molecule has 3 rings (SSSR count). The Hall–Kier alpha value is -1.35. The van der Waals surface area contributed by atoms with Crippen LogP contribution in [-0.2, 0) is 17.9 Å². The van der Waals surface area contributed by atoms with Crippen LogP contribution in [0.2, 0.25) is 0 Å². The van der Waals surface area contributed by atoms with Gasteiger partial charge in [0.15, 0.2) is 5.96 Å². The first-order chi connectivity index (χ1) is 14.6. The molecule has 0 bridgehead atoms. The van der Waals surface area contributed by atoms with Crippen molar-refractivity contribution in [1.29, 1.82) is 0 Å². The van der Waals surface area contributed by atoms with Crippen molar-refractivity contribution in [2.75, 3.05) is 27.2 Å². The van der Waals surface area contributed by atoms with Crippen LogP contribution in [0.4, 0.5) is 0 Å². The molecule has 1 atom stereocenters. The van der Waals surface area contributed by atoms with Crippen molar-refractivity contribution in [2.24, 2.45) is 4.99 Å². The van der Waals surface area contributed by atoms with Crippen molar-refractivity contribution < 1.29 is 4.79 Å². The Bertz CT molecular complexity index is 720. The van der Waals surface area contributed by atoms with E-state index < -0.39 is 0 Å². The van der Waals surface area contributed by atoms with Gasteiger partial charge >= 0.3 is 0 Å². The molecule has 1 saturated heterocycles. The van der Waals surface area contributed by atoms with E-state index in [1.165, 1.54) is 43.2 Å². The molecule has 2 fully saturated rings. The summed E-state index contributed by atoms with van der Waals surface area (Å²) in [7, 11) is 4.08. The number of carbonyl (C=O) groups is 1. The van der Waals surface area contributed by atoms with Crippen molar-refractivity contribution in [1.82, 2.24) is 20.4 Å². The molecule has 174 valence electrons. The second kappa shape index (κ2) is 13.3. The normalized spacial score (nSPS) is 19.9. The second-order valence-electron chi connectivity index (χ2n) is 8.72. The quantitative estimate of drug-likeness (QED) is 0.314. The topological polar surface area (TPSA) is 60.0 Å². The number of aliphatic imine (C=N–C) groups is 1. The Kier molecular flexibility index (Phi) is 11.1. The zero-order valence-corrected chi connectivity index (χ0v) is 21.7. The minimum absolute atomic E-state index is 0. The van der Waals surface area contributed by atoms with Gasteiger partial charge in [-0.15, -0.1) is 24.0 Å². The van der Waals surface area contributed by atoms with Crippen LogP contribution >= 0.6 is 24.0 Å². The molecule has 1 aliphatic heterocycles. The summed E-state index contributed by atoms with van der Waals surface area (Å²) in [4.78, 5) is 20.8. The predicted molar refractivity (Wildman–Crippen MR) is 139 cm³/mol. The van der Waals surface area contributed by atoms with Gasteiger partial charge in [-0.3, -0.25) is 14.7 Å². The molecule has 1 heterocycles. The minimum Gasteiger partial charge on any atom is -0.352 e. The molecule has 0 aromatic heterocycles. The van der Waals surface area contributed by atoms with E-state index in [9.17, 15) is 4.79 Å². The number of guanidine groups is 1. The maximum Gasteiger partial charge on any atom is 0.222 e. The highest BCUT2D eigenvalue weighted by atomic mass is 127. The molecule has 0 radical (unpaired) electrons. The van der Waals surface area contributed by atoms with Crippen molar-refractivity contribution in [2.45, 2.75) is 77.0 Å². The molecule has 6 nitrogen and oxygen atoms in total. The first-order valence-electron chi connectivity index (χ1n) is 11.6. The lowest BCUT2D eigenvalue weighted by molar-refractivity contribution is -0.129. The van der Waals surface area contributed by atoms with E-state index >= 15 is 0 Å². The molecule has 7 heteroatoms. The van der Waals surface area contributed by atoms with Gasteiger partial charge in [-0.25, -0.2) is 0 Å². The van der Waals surface area contributed by atoms with Crippen molar-refractivity contribution in [3.8, 4) is 0 Å². The zero-order valence-electron chi connectivity index (χ0n) is 19.4. The van der Waals surface area contributed by atoms with Gasteiger partial charge < -0.3 is 15.5 Å². The number of likely N-dealkylation sites (tertiary alicyclic amines) is 1. The van der Waals surface area contributed by atoms with E-state index in [1.54, 1.807) is 0 Å². The molecule has 1 aromatic carbocycles. The van der Waals surface area contributed by atoms with Crippen molar-refractivity contribution in [3.63, 3.8) is 0 Å². The summed E-state index contributed by atoms with van der Waals surface area (Å²) in [5.41, 5.74) is 2.70. The van der Waals surface area contributed by atoms with E-state index in [-0.39, 0.29) is 35.9 Å². The van der Waals surface area contributed by atoms with Crippen LogP contribution in [0.15, 0.2) is 29.3 Å². The van der Waals surface area contributed by atoms with Crippen LogP contribution in [0, 0.1) is 0 Å². The first-order valence-corrected chi connectivity index (χ1v) is 11.6. The van der Waals surface area contributed by atoms with E-state index in [1.807, 2.05) is 18.9 Å². The summed E-state index contributed by atoms with van der Waals surface area (Å²) >= 11 is 0. The monoisotopic (exact) mass is 541 g/mol. The van der Waals surface area contributed by atoms with Gasteiger partial charge in [-0.1, -0.05) is 50.5 Å². The van der Waals surface area contributed by atoms with Gasteiger partial charge in [0, 0.05) is 51.7 Å². The van der Waals surface area contributed by atoms with E-state index in [0.717, 1.165) is 38.6 Å². The third kappa shape index (κ3) is 7.63. The number of nitrogens with one attached hydrogen (secondary N) is 2. The van der Waals surface area contributed by atoms with E-state index in [4.69, 9.17) is 0 Å². The SMILES string of the molecule is CCC(=O)N1CCC(NC(=NC)NCc2ccccc2CN(C)C2CCCCC2)C1.I. The lowest BCUT2D eigenvalue weighted by atomic mass is 9.94. The average molecular weight is 542 g/mol. The summed E-state index contributed by atoms with van der Waals surface area (Å²) in [6.45, 7) is 5.25. The maximum atomic E-state index is 11.9. The predicted octanol–water partition coefficient (Wildman–Crippen LogP) is 3.75. The number of hydrogen-bond acceptors (Lipinski definition) is 3. The molecule has 2 N–H and O–H groups in total. The number of rotatable bonds is 7. The molecular weight excluding hydrogens is 501 g/mol. The Morgan fingerprint density at radius 1 is 1.16 bits per heavy atom. The van der Waals surface area contributed by atoms with Gasteiger partial charge in [0.1, 0.15) is 0 Å². The van der Waals surface area contributed by atoms with E-state index in [2.05, 4.69) is 51.8 Å². The van der Waals surface area contributed by atoms with Gasteiger partial charge in [0.05, 0.1) is 0 Å². The third-order valence-corrected chi connectivity index (χ3v) is 6.59. The molecule has 2 aliphatic rings. The zero-order chi connectivity index (χ0) is 21.3. The van der Waals surface area contributed by atoms with Crippen LogP contribution in [0.25, 0.3) is 0 Å². The standard InChI is InChI=1S/C24H39N5O.HI/c1-4-23(30)29-15-14-21(18-29)27-24(25-2)26-16-19-10-8-9-11-20(19)17-28(3)22-12-6-5-7-13-22;/h8-11,21-22H,4-7,12-18H2,1-3H3,(H2,25,26,27);1H. The molecule has 1 aromatic rings. The lowest BCUT2D eigenvalue weighted by Crippen LogP contribution is -2.44. The first kappa shape index (κ1) is 25.9. The molecule has 31 heavy (non-hydrogen) atoms. The highest BCUT2D eigenvalue weighted by molar-refractivity contribution is 14.0. The smallest absolute Gasteiger partial charge is 0.222 e. The maximum absolute atomic E-state index is 11.9. The second-order valence-corrected chi connectivity index (χ2v) is 8.72. The Morgan fingerprint density at radius 2 is 1.87 bits per heavy atom. The Labute approximate surface area is 205 Å². The molecule has 1 unspecified atom stereocenters. The fraction of sp³-hybridized carbons (Fsp3) is 0.667. The van der Waals surface area contributed by atoms with Gasteiger partial charge in [0.25, 0.3) is 0 Å². The van der Waals surface area contributed by atoms with Gasteiger partial charge in [-0.2, -0.15) is 0 Å². The summed E-state index contributed by atoms with van der Waals surface area (Å²) in [6, 6.07) is 9.69. The van der Waals surface area contributed by atoms with Crippen LogP contribution in [0.5, 0.6) is 0 Å². The molecular formula is C24H40IN5O. The highest BCUT2D eigenvalue weighted by Gasteiger charge is 2.26. The molecule has 0 spiro atoms. The summed E-state index contributed by atoms with van der Waals surface area (Å²) in [5, 5.41) is 6.97. The minimum atomic E-state index is 0. The van der Waals surface area contributed by atoms with Crippen molar-refractivity contribution in [3.05, 3.63) is 35.4 Å².